The summed E-state index contributed by atoms with van der Waals surface area (Å²) < 4.78 is 4.41. The van der Waals surface area contributed by atoms with E-state index in [0.29, 0.717) is 13.1 Å². The smallest absolute Gasteiger partial charge is 0.326 e. The molecule has 3 N–H and O–H groups in total. The molecule has 0 fully saturated rings. The number of rotatable bonds is 8. The van der Waals surface area contributed by atoms with Crippen molar-refractivity contribution in [1.82, 2.24) is 15.5 Å². The van der Waals surface area contributed by atoms with Crippen LogP contribution >= 0.6 is 0 Å². The standard InChI is InChI=1S/C11H21N3O5/c1-14(2)7-6-12-11(18)13-8(10(16)17)4-5-9(15)19-3/h8H,4-7H2,1-3H3,(H,16,17)(H2,12,13,18)/t8-/m0/s1. The number of amides is 2. The van der Waals surface area contributed by atoms with Crippen molar-refractivity contribution in [2.75, 3.05) is 34.3 Å². The van der Waals surface area contributed by atoms with E-state index < -0.39 is 24.0 Å². The Morgan fingerprint density at radius 2 is 1.95 bits per heavy atom. The fraction of sp³-hybridized carbons (Fsp3) is 0.727. The van der Waals surface area contributed by atoms with Crippen molar-refractivity contribution in [1.29, 1.82) is 0 Å². The third-order valence-electron chi connectivity index (χ3n) is 2.31. The van der Waals surface area contributed by atoms with E-state index in [-0.39, 0.29) is 12.8 Å². The van der Waals surface area contributed by atoms with Crippen LogP contribution in [0.15, 0.2) is 0 Å². The molecule has 110 valence electrons. The van der Waals surface area contributed by atoms with Crippen LogP contribution in [0.1, 0.15) is 12.8 Å². The molecular weight excluding hydrogens is 254 g/mol. The zero-order valence-corrected chi connectivity index (χ0v) is 11.4. The first-order valence-electron chi connectivity index (χ1n) is 5.85. The maximum absolute atomic E-state index is 11.4. The molecule has 0 aromatic rings. The van der Waals surface area contributed by atoms with Gasteiger partial charge in [0.25, 0.3) is 0 Å². The average Bonchev–Trinajstić information content (AvgIpc) is 2.33. The first-order valence-corrected chi connectivity index (χ1v) is 5.85. The summed E-state index contributed by atoms with van der Waals surface area (Å²) >= 11 is 0. The molecule has 2 amide bonds. The first kappa shape index (κ1) is 17.2. The van der Waals surface area contributed by atoms with Crippen molar-refractivity contribution in [3.05, 3.63) is 0 Å². The summed E-state index contributed by atoms with van der Waals surface area (Å²) in [5.74, 6) is -1.70. The number of carbonyl (C=O) groups excluding carboxylic acids is 2. The molecule has 0 spiro atoms. The van der Waals surface area contributed by atoms with Crippen LogP contribution in [0.2, 0.25) is 0 Å². The topological polar surface area (TPSA) is 108 Å². The van der Waals surface area contributed by atoms with Crippen LogP contribution in [0.5, 0.6) is 0 Å². The molecule has 8 heteroatoms. The maximum atomic E-state index is 11.4. The Kier molecular flexibility index (Phi) is 8.27. The number of esters is 1. The largest absolute Gasteiger partial charge is 0.480 e. The van der Waals surface area contributed by atoms with E-state index in [1.807, 2.05) is 19.0 Å². The van der Waals surface area contributed by atoms with Gasteiger partial charge in [0.05, 0.1) is 7.11 Å². The normalized spacial score (nSPS) is 11.8. The molecule has 0 unspecified atom stereocenters. The number of hydrogen-bond donors (Lipinski definition) is 3. The van der Waals surface area contributed by atoms with Gasteiger partial charge >= 0.3 is 18.0 Å². The fourth-order valence-electron chi connectivity index (χ4n) is 1.22. The Labute approximate surface area is 112 Å². The number of aliphatic carboxylic acids is 1. The molecule has 0 radical (unpaired) electrons. The minimum Gasteiger partial charge on any atom is -0.480 e. The van der Waals surface area contributed by atoms with Crippen LogP contribution in [0.25, 0.3) is 0 Å². The molecule has 0 aromatic carbocycles. The van der Waals surface area contributed by atoms with Crippen LogP contribution in [0, 0.1) is 0 Å². The molecule has 1 atom stereocenters. The third kappa shape index (κ3) is 8.83. The van der Waals surface area contributed by atoms with Gasteiger partial charge in [0.2, 0.25) is 0 Å². The summed E-state index contributed by atoms with van der Waals surface area (Å²) in [7, 11) is 4.94. The third-order valence-corrected chi connectivity index (χ3v) is 2.31. The summed E-state index contributed by atoms with van der Waals surface area (Å²) in [6, 6.07) is -1.68. The summed E-state index contributed by atoms with van der Waals surface area (Å²) in [6.07, 6.45) is -0.0748. The molecule has 0 heterocycles. The first-order chi connectivity index (χ1) is 8.86. The summed E-state index contributed by atoms with van der Waals surface area (Å²) in [6.45, 7) is 1.05. The highest BCUT2D eigenvalue weighted by Crippen LogP contribution is 1.99. The molecule has 0 bridgehead atoms. The summed E-state index contributed by atoms with van der Waals surface area (Å²) in [5.41, 5.74) is 0. The van der Waals surface area contributed by atoms with E-state index in [4.69, 9.17) is 5.11 Å². The van der Waals surface area contributed by atoms with Gasteiger partial charge in [0.1, 0.15) is 6.04 Å². The Bertz CT molecular complexity index is 319. The van der Waals surface area contributed by atoms with Gasteiger partial charge in [-0.2, -0.15) is 0 Å². The molecule has 19 heavy (non-hydrogen) atoms. The molecule has 0 aromatic heterocycles. The number of ether oxygens (including phenoxy) is 1. The van der Waals surface area contributed by atoms with Crippen molar-refractivity contribution in [3.8, 4) is 0 Å². The lowest BCUT2D eigenvalue weighted by molar-refractivity contribution is -0.142. The Balaban J connectivity index is 4.08. The molecule has 0 aliphatic rings. The van der Waals surface area contributed by atoms with Gasteiger partial charge in [0, 0.05) is 19.5 Å². The van der Waals surface area contributed by atoms with E-state index >= 15 is 0 Å². The predicted octanol–water partition coefficient (Wildman–Crippen LogP) is -0.746. The van der Waals surface area contributed by atoms with E-state index in [1.54, 1.807) is 0 Å². The highest BCUT2D eigenvalue weighted by molar-refractivity contribution is 5.83. The van der Waals surface area contributed by atoms with Crippen LogP contribution in [-0.2, 0) is 14.3 Å². The summed E-state index contributed by atoms with van der Waals surface area (Å²) in [5, 5.41) is 13.7. The van der Waals surface area contributed by atoms with Gasteiger partial charge in [-0.3, -0.25) is 4.79 Å². The molecule has 0 saturated heterocycles. The number of urea groups is 1. The maximum Gasteiger partial charge on any atom is 0.326 e. The van der Waals surface area contributed by atoms with Crippen molar-refractivity contribution in [2.45, 2.75) is 18.9 Å². The zero-order chi connectivity index (χ0) is 14.8. The van der Waals surface area contributed by atoms with Crippen LogP contribution < -0.4 is 10.6 Å². The van der Waals surface area contributed by atoms with Gasteiger partial charge in [0.15, 0.2) is 0 Å². The number of nitrogens with one attached hydrogen (secondary N) is 2. The van der Waals surface area contributed by atoms with Crippen LogP contribution in [0.3, 0.4) is 0 Å². The highest BCUT2D eigenvalue weighted by atomic mass is 16.5. The monoisotopic (exact) mass is 275 g/mol. The molecular formula is C11H21N3O5. The van der Waals surface area contributed by atoms with Crippen molar-refractivity contribution in [3.63, 3.8) is 0 Å². The number of carboxylic acids is 1. The van der Waals surface area contributed by atoms with Gasteiger partial charge < -0.3 is 25.4 Å². The quantitative estimate of drug-likeness (QED) is 0.503. The second-order valence-electron chi connectivity index (χ2n) is 4.21. The number of carbonyl (C=O) groups is 3. The summed E-state index contributed by atoms with van der Waals surface area (Å²) in [4.78, 5) is 35.2. The lowest BCUT2D eigenvalue weighted by Crippen LogP contribution is -2.47. The van der Waals surface area contributed by atoms with Crippen molar-refractivity contribution in [2.24, 2.45) is 0 Å². The van der Waals surface area contributed by atoms with Crippen LogP contribution in [-0.4, -0.2) is 68.3 Å². The lowest BCUT2D eigenvalue weighted by Gasteiger charge is -2.15. The van der Waals surface area contributed by atoms with Crippen molar-refractivity contribution < 1.29 is 24.2 Å². The van der Waals surface area contributed by atoms with Gasteiger partial charge in [-0.25, -0.2) is 9.59 Å². The van der Waals surface area contributed by atoms with E-state index in [9.17, 15) is 14.4 Å². The fourth-order valence-corrected chi connectivity index (χ4v) is 1.22. The molecule has 0 rings (SSSR count). The Hall–Kier alpha value is -1.83. The average molecular weight is 275 g/mol. The minimum absolute atomic E-state index is 0.0108. The number of likely N-dealkylation sites (N-methyl/N-ethyl adjacent to an activating group) is 1. The Morgan fingerprint density at radius 1 is 1.32 bits per heavy atom. The molecule has 0 aliphatic carbocycles. The van der Waals surface area contributed by atoms with E-state index in [1.165, 1.54) is 7.11 Å². The number of nitrogens with zero attached hydrogens (tertiary/aromatic N) is 1. The van der Waals surface area contributed by atoms with E-state index in [2.05, 4.69) is 15.4 Å². The van der Waals surface area contributed by atoms with Crippen molar-refractivity contribution >= 4 is 18.0 Å². The number of carboxylic acid groups (broad SMARTS) is 1. The van der Waals surface area contributed by atoms with Gasteiger partial charge in [-0.1, -0.05) is 0 Å². The van der Waals surface area contributed by atoms with Crippen LogP contribution in [0.4, 0.5) is 4.79 Å². The lowest BCUT2D eigenvalue weighted by atomic mass is 10.1. The minimum atomic E-state index is -1.19. The highest BCUT2D eigenvalue weighted by Gasteiger charge is 2.20. The van der Waals surface area contributed by atoms with Gasteiger partial charge in [-0.15, -0.1) is 0 Å². The molecule has 0 saturated carbocycles. The molecule has 8 nitrogen and oxygen atoms in total. The van der Waals surface area contributed by atoms with E-state index in [0.717, 1.165) is 0 Å². The SMILES string of the molecule is COC(=O)CC[C@H](NC(=O)NCCN(C)C)C(=O)O. The van der Waals surface area contributed by atoms with Gasteiger partial charge in [-0.05, 0) is 20.5 Å². The second-order valence-corrected chi connectivity index (χ2v) is 4.21. The second kappa shape index (κ2) is 9.15. The molecule has 0 aliphatic heterocycles. The number of methoxy groups -OCH3 is 1. The zero-order valence-electron chi connectivity index (χ0n) is 11.4. The number of hydrogen-bond acceptors (Lipinski definition) is 5. The Morgan fingerprint density at radius 3 is 2.42 bits per heavy atom. The predicted molar refractivity (Wildman–Crippen MR) is 67.8 cm³/mol.